The highest BCUT2D eigenvalue weighted by Gasteiger charge is 2.33. The quantitative estimate of drug-likeness (QED) is 0.670. The van der Waals surface area contributed by atoms with Crippen molar-refractivity contribution in [3.05, 3.63) is 65.1 Å². The van der Waals surface area contributed by atoms with Gasteiger partial charge in [0.25, 0.3) is 5.91 Å². The summed E-state index contributed by atoms with van der Waals surface area (Å²) in [5.41, 5.74) is 3.80. The van der Waals surface area contributed by atoms with Crippen molar-refractivity contribution in [2.45, 2.75) is 39.2 Å². The Morgan fingerprint density at radius 3 is 2.97 bits per heavy atom. The highest BCUT2D eigenvalue weighted by atomic mass is 16.2. The molecule has 0 aliphatic carbocycles. The molecule has 0 aromatic carbocycles. The van der Waals surface area contributed by atoms with E-state index in [1.165, 1.54) is 0 Å². The molecule has 1 fully saturated rings. The van der Waals surface area contributed by atoms with Crippen LogP contribution in [0.1, 0.15) is 52.0 Å². The Morgan fingerprint density at radius 1 is 1.31 bits per heavy atom. The van der Waals surface area contributed by atoms with Gasteiger partial charge in [0.05, 0.1) is 17.9 Å². The maximum Gasteiger partial charge on any atom is 0.292 e. The molecule has 1 saturated heterocycles. The molecule has 1 amide bonds. The first-order valence-corrected chi connectivity index (χ1v) is 9.92. The van der Waals surface area contributed by atoms with Crippen LogP contribution in [0.25, 0.3) is 0 Å². The number of rotatable bonds is 6. The smallest absolute Gasteiger partial charge is 0.292 e. The number of aromatic nitrogens is 5. The van der Waals surface area contributed by atoms with Gasteiger partial charge in [-0.3, -0.25) is 14.9 Å². The lowest BCUT2D eigenvalue weighted by Crippen LogP contribution is -2.32. The Kier molecular flexibility index (Phi) is 5.50. The van der Waals surface area contributed by atoms with Crippen molar-refractivity contribution < 1.29 is 4.79 Å². The van der Waals surface area contributed by atoms with Gasteiger partial charge in [-0.2, -0.15) is 5.10 Å². The van der Waals surface area contributed by atoms with Crippen LogP contribution in [0, 0.1) is 13.8 Å². The highest BCUT2D eigenvalue weighted by Crippen LogP contribution is 2.31. The lowest BCUT2D eigenvalue weighted by atomic mass is 10.1. The molecule has 4 rings (SSSR count). The fourth-order valence-electron chi connectivity index (χ4n) is 3.65. The number of carbonyl (C=O) groups excluding carboxylic acids is 1. The van der Waals surface area contributed by atoms with Crippen molar-refractivity contribution in [1.82, 2.24) is 30.0 Å². The summed E-state index contributed by atoms with van der Waals surface area (Å²) in [6.07, 6.45) is 8.12. The lowest BCUT2D eigenvalue weighted by Gasteiger charge is -2.24. The second-order valence-corrected chi connectivity index (χ2v) is 7.30. The van der Waals surface area contributed by atoms with Crippen molar-refractivity contribution in [2.75, 3.05) is 18.4 Å². The van der Waals surface area contributed by atoms with Crippen LogP contribution in [0.2, 0.25) is 0 Å². The zero-order valence-corrected chi connectivity index (χ0v) is 16.7. The Morgan fingerprint density at radius 2 is 2.21 bits per heavy atom. The number of hydrogen-bond donors (Lipinski definition) is 2. The molecule has 2 N–H and O–H groups in total. The van der Waals surface area contributed by atoms with Crippen LogP contribution in [-0.4, -0.2) is 49.0 Å². The molecule has 0 radical (unpaired) electrons. The van der Waals surface area contributed by atoms with Gasteiger partial charge in [-0.25, -0.2) is 9.97 Å². The summed E-state index contributed by atoms with van der Waals surface area (Å²) in [5, 5.41) is 10.1. The van der Waals surface area contributed by atoms with Crippen LogP contribution >= 0.6 is 0 Å². The summed E-state index contributed by atoms with van der Waals surface area (Å²) in [6, 6.07) is 5.79. The number of aryl methyl sites for hydroxylation is 1. The van der Waals surface area contributed by atoms with Gasteiger partial charge in [-0.1, -0.05) is 6.07 Å². The van der Waals surface area contributed by atoms with E-state index in [1.54, 1.807) is 12.4 Å². The molecule has 4 heterocycles. The molecule has 8 nitrogen and oxygen atoms in total. The van der Waals surface area contributed by atoms with E-state index in [0.29, 0.717) is 18.9 Å². The number of nitrogens with one attached hydrogen (secondary N) is 2. The van der Waals surface area contributed by atoms with Crippen LogP contribution < -0.4 is 5.32 Å². The van der Waals surface area contributed by atoms with E-state index in [-0.39, 0.29) is 17.8 Å². The van der Waals surface area contributed by atoms with E-state index in [0.717, 1.165) is 41.8 Å². The molecule has 0 spiro atoms. The van der Waals surface area contributed by atoms with Gasteiger partial charge < -0.3 is 10.2 Å². The van der Waals surface area contributed by atoms with Crippen LogP contribution in [-0.2, 0) is 6.42 Å². The predicted molar refractivity (Wildman–Crippen MR) is 110 cm³/mol. The normalized spacial score (nSPS) is 16.2. The van der Waals surface area contributed by atoms with Crippen molar-refractivity contribution in [2.24, 2.45) is 0 Å². The number of hydrogen-bond acceptors (Lipinski definition) is 6. The monoisotopic (exact) mass is 391 g/mol. The van der Waals surface area contributed by atoms with Crippen LogP contribution in [0.3, 0.4) is 0 Å². The van der Waals surface area contributed by atoms with Crippen LogP contribution in [0.4, 0.5) is 5.82 Å². The molecule has 3 aromatic heterocycles. The molecule has 1 aliphatic rings. The van der Waals surface area contributed by atoms with Crippen LogP contribution in [0.5, 0.6) is 0 Å². The summed E-state index contributed by atoms with van der Waals surface area (Å²) >= 11 is 0. The fourth-order valence-corrected chi connectivity index (χ4v) is 3.65. The summed E-state index contributed by atoms with van der Waals surface area (Å²) in [5.74, 6) is 0.804. The first kappa shape index (κ1) is 19.0. The second kappa shape index (κ2) is 8.38. The number of pyridine rings is 1. The minimum Gasteiger partial charge on any atom is -0.369 e. The Bertz CT molecular complexity index is 972. The standard InChI is InChI=1S/C21H25N7O/c1-14-15(2)26-20(27-19(14)23-10-8-16-12-24-25-13-16)21(29)28-11-5-7-18(28)17-6-3-4-9-22-17/h3-4,6,9,12-13,18H,5,7-8,10-11H2,1-2H3,(H,24,25)(H,23,26,27). The Balaban J connectivity index is 1.52. The second-order valence-electron chi connectivity index (χ2n) is 7.30. The molecule has 3 aromatic rings. The molecule has 1 unspecified atom stereocenters. The van der Waals surface area contributed by atoms with Gasteiger partial charge in [0, 0.05) is 36.7 Å². The molecular weight excluding hydrogens is 366 g/mol. The average Bonchev–Trinajstić information content (AvgIpc) is 3.43. The third-order valence-electron chi connectivity index (χ3n) is 5.38. The van der Waals surface area contributed by atoms with E-state index < -0.39 is 0 Å². The van der Waals surface area contributed by atoms with Crippen molar-refractivity contribution in [1.29, 1.82) is 0 Å². The van der Waals surface area contributed by atoms with Crippen LogP contribution in [0.15, 0.2) is 36.8 Å². The van der Waals surface area contributed by atoms with Gasteiger partial charge in [0.2, 0.25) is 5.82 Å². The number of amides is 1. The van der Waals surface area contributed by atoms with Gasteiger partial charge in [-0.15, -0.1) is 0 Å². The Hall–Kier alpha value is -3.29. The van der Waals surface area contributed by atoms with Crippen molar-refractivity contribution in [3.8, 4) is 0 Å². The van der Waals surface area contributed by atoms with Gasteiger partial charge in [-0.05, 0) is 50.8 Å². The average molecular weight is 391 g/mol. The largest absolute Gasteiger partial charge is 0.369 e. The molecular formula is C21H25N7O. The van der Waals surface area contributed by atoms with Gasteiger partial charge in [0.1, 0.15) is 5.82 Å². The highest BCUT2D eigenvalue weighted by molar-refractivity contribution is 5.91. The first-order chi connectivity index (χ1) is 14.1. The summed E-state index contributed by atoms with van der Waals surface area (Å²) in [6.45, 7) is 5.27. The van der Waals surface area contributed by atoms with Gasteiger partial charge >= 0.3 is 0 Å². The summed E-state index contributed by atoms with van der Waals surface area (Å²) < 4.78 is 0. The maximum absolute atomic E-state index is 13.2. The molecule has 150 valence electrons. The third-order valence-corrected chi connectivity index (χ3v) is 5.38. The zero-order valence-electron chi connectivity index (χ0n) is 16.7. The number of H-pyrrole nitrogens is 1. The predicted octanol–water partition coefficient (Wildman–Crippen LogP) is 2.84. The lowest BCUT2D eigenvalue weighted by molar-refractivity contribution is 0.0720. The van der Waals surface area contributed by atoms with E-state index >= 15 is 0 Å². The summed E-state index contributed by atoms with van der Waals surface area (Å²) in [4.78, 5) is 28.6. The topological polar surface area (TPSA) is 99.7 Å². The van der Waals surface area contributed by atoms with Gasteiger partial charge in [0.15, 0.2) is 0 Å². The number of likely N-dealkylation sites (tertiary alicyclic amines) is 1. The summed E-state index contributed by atoms with van der Waals surface area (Å²) in [7, 11) is 0. The van der Waals surface area contributed by atoms with Crippen molar-refractivity contribution >= 4 is 11.7 Å². The SMILES string of the molecule is Cc1nc(C(=O)N2CCCC2c2ccccn2)nc(NCCc2cn[nH]c2)c1C. The maximum atomic E-state index is 13.2. The van der Waals surface area contributed by atoms with E-state index in [4.69, 9.17) is 0 Å². The molecule has 1 atom stereocenters. The first-order valence-electron chi connectivity index (χ1n) is 9.92. The molecule has 29 heavy (non-hydrogen) atoms. The molecule has 8 heteroatoms. The zero-order chi connectivity index (χ0) is 20.2. The molecule has 0 bridgehead atoms. The van der Waals surface area contributed by atoms with E-state index in [2.05, 4.69) is 30.5 Å². The number of anilines is 1. The van der Waals surface area contributed by atoms with E-state index in [1.807, 2.05) is 43.1 Å². The number of carbonyl (C=O) groups is 1. The third kappa shape index (κ3) is 4.11. The minimum atomic E-state index is -0.140. The van der Waals surface area contributed by atoms with Crippen molar-refractivity contribution in [3.63, 3.8) is 0 Å². The molecule has 0 saturated carbocycles. The fraction of sp³-hybridized carbons (Fsp3) is 0.381. The Labute approximate surface area is 169 Å². The number of nitrogens with zero attached hydrogens (tertiary/aromatic N) is 5. The minimum absolute atomic E-state index is 0.0218. The van der Waals surface area contributed by atoms with E-state index in [9.17, 15) is 4.79 Å². The molecule has 1 aliphatic heterocycles. The number of aromatic amines is 1.